The van der Waals surface area contributed by atoms with Gasteiger partial charge in [0.25, 0.3) is 0 Å². The zero-order valence-corrected chi connectivity index (χ0v) is 11.1. The van der Waals surface area contributed by atoms with Crippen molar-refractivity contribution in [1.29, 1.82) is 0 Å². The van der Waals surface area contributed by atoms with Gasteiger partial charge in [0.1, 0.15) is 5.82 Å². The van der Waals surface area contributed by atoms with Gasteiger partial charge in [-0.05, 0) is 54.5 Å². The van der Waals surface area contributed by atoms with Gasteiger partial charge in [0.05, 0.1) is 0 Å². The van der Waals surface area contributed by atoms with Crippen LogP contribution < -0.4 is 11.1 Å². The number of carbonyl (C=O) groups is 1. The molecule has 0 fully saturated rings. The second-order valence-electron chi connectivity index (χ2n) is 4.45. The van der Waals surface area contributed by atoms with Crippen molar-refractivity contribution in [2.24, 2.45) is 0 Å². The van der Waals surface area contributed by atoms with Gasteiger partial charge in [-0.1, -0.05) is 12.1 Å². The first-order chi connectivity index (χ1) is 9.54. The lowest BCUT2D eigenvalue weighted by Gasteiger charge is -2.06. The summed E-state index contributed by atoms with van der Waals surface area (Å²) in [5.41, 5.74) is 8.40. The van der Waals surface area contributed by atoms with Gasteiger partial charge in [-0.15, -0.1) is 0 Å². The molecule has 0 saturated heterocycles. The van der Waals surface area contributed by atoms with Crippen LogP contribution in [0.4, 0.5) is 15.8 Å². The van der Waals surface area contributed by atoms with Crippen molar-refractivity contribution < 1.29 is 9.18 Å². The van der Waals surface area contributed by atoms with Crippen LogP contribution in [0.25, 0.3) is 6.08 Å². The van der Waals surface area contributed by atoms with Crippen molar-refractivity contribution in [2.75, 3.05) is 11.1 Å². The van der Waals surface area contributed by atoms with E-state index in [4.69, 9.17) is 5.73 Å². The molecule has 0 spiro atoms. The highest BCUT2D eigenvalue weighted by molar-refractivity contribution is 6.02. The molecule has 102 valence electrons. The molecule has 0 heterocycles. The molecule has 0 unspecified atom stereocenters. The van der Waals surface area contributed by atoms with Crippen LogP contribution in [-0.2, 0) is 4.79 Å². The number of anilines is 2. The van der Waals surface area contributed by atoms with E-state index in [0.29, 0.717) is 16.9 Å². The molecule has 0 aliphatic rings. The number of rotatable bonds is 3. The second kappa shape index (κ2) is 6.02. The number of nitrogens with one attached hydrogen (secondary N) is 1. The Bertz CT molecular complexity index is 665. The Kier molecular flexibility index (Phi) is 4.15. The van der Waals surface area contributed by atoms with Crippen LogP contribution >= 0.6 is 0 Å². The van der Waals surface area contributed by atoms with Gasteiger partial charge in [0.15, 0.2) is 0 Å². The van der Waals surface area contributed by atoms with E-state index in [-0.39, 0.29) is 11.7 Å². The summed E-state index contributed by atoms with van der Waals surface area (Å²) in [6.45, 7) is 1.74. The Labute approximate surface area is 116 Å². The number of halogens is 1. The van der Waals surface area contributed by atoms with Gasteiger partial charge in [-0.3, -0.25) is 4.79 Å². The van der Waals surface area contributed by atoms with Gasteiger partial charge in [0.2, 0.25) is 5.91 Å². The molecule has 2 rings (SSSR count). The molecule has 3 N–H and O–H groups in total. The molecule has 2 aromatic carbocycles. The van der Waals surface area contributed by atoms with Crippen LogP contribution in [0, 0.1) is 12.7 Å². The third kappa shape index (κ3) is 3.68. The summed E-state index contributed by atoms with van der Waals surface area (Å²) in [6, 6.07) is 11.4. The molecular formula is C16H15FN2O. The van der Waals surface area contributed by atoms with Crippen molar-refractivity contribution in [3.05, 3.63) is 65.5 Å². The molecule has 0 aliphatic heterocycles. The summed E-state index contributed by atoms with van der Waals surface area (Å²) in [5, 5.41) is 2.70. The number of nitrogen functional groups attached to an aromatic ring is 1. The molecule has 0 radical (unpaired) electrons. The van der Waals surface area contributed by atoms with E-state index in [0.717, 1.165) is 5.56 Å². The number of carbonyl (C=O) groups excluding carboxylic acids is 1. The van der Waals surface area contributed by atoms with Crippen LogP contribution in [0.15, 0.2) is 48.5 Å². The summed E-state index contributed by atoms with van der Waals surface area (Å²) in [6.07, 6.45) is 3.09. The largest absolute Gasteiger partial charge is 0.399 e. The van der Waals surface area contributed by atoms with Crippen LogP contribution in [0.5, 0.6) is 0 Å². The molecule has 0 saturated carbocycles. The zero-order chi connectivity index (χ0) is 14.5. The third-order valence-corrected chi connectivity index (χ3v) is 2.78. The number of nitrogens with two attached hydrogens (primary N) is 1. The van der Waals surface area contributed by atoms with Crippen molar-refractivity contribution in [2.45, 2.75) is 6.92 Å². The summed E-state index contributed by atoms with van der Waals surface area (Å²) in [4.78, 5) is 11.8. The van der Waals surface area contributed by atoms with Crippen molar-refractivity contribution in [3.8, 4) is 0 Å². The molecule has 2 aromatic rings. The molecule has 1 amide bonds. The van der Waals surface area contributed by atoms with E-state index in [1.165, 1.54) is 24.3 Å². The molecule has 0 aromatic heterocycles. The topological polar surface area (TPSA) is 55.1 Å². The Morgan fingerprint density at radius 1 is 1.25 bits per heavy atom. The number of amides is 1. The first kappa shape index (κ1) is 13.8. The number of benzene rings is 2. The lowest BCUT2D eigenvalue weighted by atomic mass is 10.2. The minimum atomic E-state index is -0.323. The van der Waals surface area contributed by atoms with Crippen LogP contribution in [0.1, 0.15) is 11.1 Å². The Morgan fingerprint density at radius 2 is 2.05 bits per heavy atom. The lowest BCUT2D eigenvalue weighted by Crippen LogP contribution is -2.09. The van der Waals surface area contributed by atoms with Crippen LogP contribution in [0.2, 0.25) is 0 Å². The maximum absolute atomic E-state index is 13.0. The van der Waals surface area contributed by atoms with Gasteiger partial charge < -0.3 is 11.1 Å². The lowest BCUT2D eigenvalue weighted by molar-refractivity contribution is -0.111. The minimum absolute atomic E-state index is 0.276. The third-order valence-electron chi connectivity index (χ3n) is 2.78. The van der Waals surface area contributed by atoms with Crippen molar-refractivity contribution in [1.82, 2.24) is 0 Å². The van der Waals surface area contributed by atoms with Gasteiger partial charge >= 0.3 is 0 Å². The van der Waals surface area contributed by atoms with E-state index >= 15 is 0 Å². The van der Waals surface area contributed by atoms with Crippen LogP contribution in [-0.4, -0.2) is 5.91 Å². The summed E-state index contributed by atoms with van der Waals surface area (Å²) in [5.74, 6) is -0.599. The van der Waals surface area contributed by atoms with E-state index in [1.54, 1.807) is 25.1 Å². The highest BCUT2D eigenvalue weighted by Crippen LogP contribution is 2.16. The predicted octanol–water partition coefficient (Wildman–Crippen LogP) is 3.37. The fraction of sp³-hybridized carbons (Fsp3) is 0.0625. The number of aryl methyl sites for hydroxylation is 1. The average Bonchev–Trinajstić information content (AvgIpc) is 2.40. The fourth-order valence-electron chi connectivity index (χ4n) is 1.78. The Hall–Kier alpha value is -2.62. The van der Waals surface area contributed by atoms with Gasteiger partial charge in [0, 0.05) is 17.5 Å². The maximum Gasteiger partial charge on any atom is 0.248 e. The highest BCUT2D eigenvalue weighted by Gasteiger charge is 2.02. The SMILES string of the molecule is Cc1cc(F)ccc1NC(=O)/C=C/c1cccc(N)c1. The first-order valence-corrected chi connectivity index (χ1v) is 6.15. The summed E-state index contributed by atoms with van der Waals surface area (Å²) < 4.78 is 13.0. The van der Waals surface area contributed by atoms with E-state index in [2.05, 4.69) is 5.32 Å². The smallest absolute Gasteiger partial charge is 0.248 e. The maximum atomic E-state index is 13.0. The number of hydrogen-bond donors (Lipinski definition) is 2. The van der Waals surface area contributed by atoms with E-state index in [9.17, 15) is 9.18 Å². The summed E-state index contributed by atoms with van der Waals surface area (Å²) in [7, 11) is 0. The quantitative estimate of drug-likeness (QED) is 0.663. The predicted molar refractivity (Wildman–Crippen MR) is 79.7 cm³/mol. The molecular weight excluding hydrogens is 255 g/mol. The summed E-state index contributed by atoms with van der Waals surface area (Å²) >= 11 is 0. The molecule has 0 aliphatic carbocycles. The second-order valence-corrected chi connectivity index (χ2v) is 4.45. The molecule has 20 heavy (non-hydrogen) atoms. The monoisotopic (exact) mass is 270 g/mol. The Morgan fingerprint density at radius 3 is 2.75 bits per heavy atom. The van der Waals surface area contributed by atoms with E-state index < -0.39 is 0 Å². The molecule has 0 bridgehead atoms. The van der Waals surface area contributed by atoms with Crippen molar-refractivity contribution in [3.63, 3.8) is 0 Å². The van der Waals surface area contributed by atoms with Gasteiger partial charge in [-0.2, -0.15) is 0 Å². The Balaban J connectivity index is 2.05. The fourth-order valence-corrected chi connectivity index (χ4v) is 1.78. The van der Waals surface area contributed by atoms with Crippen molar-refractivity contribution >= 4 is 23.4 Å². The van der Waals surface area contributed by atoms with E-state index in [1.807, 2.05) is 12.1 Å². The molecule has 3 nitrogen and oxygen atoms in total. The normalized spacial score (nSPS) is 10.7. The molecule has 4 heteroatoms. The standard InChI is InChI=1S/C16H15FN2O/c1-11-9-13(17)6-7-15(11)19-16(20)8-5-12-3-2-4-14(18)10-12/h2-10H,18H2,1H3,(H,19,20)/b8-5+. The molecule has 0 atom stereocenters. The zero-order valence-electron chi connectivity index (χ0n) is 11.1. The highest BCUT2D eigenvalue weighted by atomic mass is 19.1. The minimum Gasteiger partial charge on any atom is -0.399 e. The first-order valence-electron chi connectivity index (χ1n) is 6.15. The average molecular weight is 270 g/mol. The van der Waals surface area contributed by atoms with Crippen LogP contribution in [0.3, 0.4) is 0 Å². The van der Waals surface area contributed by atoms with Gasteiger partial charge in [-0.25, -0.2) is 4.39 Å². The number of hydrogen-bond acceptors (Lipinski definition) is 2.